The lowest BCUT2D eigenvalue weighted by Crippen LogP contribution is -2.00. The lowest BCUT2D eigenvalue weighted by atomic mass is 9.98. The first-order valence-electron chi connectivity index (χ1n) is 18.7. The Morgan fingerprint density at radius 1 is 0.304 bits per heavy atom. The monoisotopic (exact) mass is 733 g/mol. The summed E-state index contributed by atoms with van der Waals surface area (Å²) in [5.41, 5.74) is 11.1. The molecule has 0 radical (unpaired) electrons. The summed E-state index contributed by atoms with van der Waals surface area (Å²) < 4.78 is 9.50. The molecule has 0 saturated heterocycles. The van der Waals surface area contributed by atoms with Crippen LogP contribution in [-0.4, -0.2) is 15.0 Å². The van der Waals surface area contributed by atoms with E-state index in [0.717, 1.165) is 60.9 Å². The topological polar surface area (TPSA) is 51.8 Å². The molecule has 0 aliphatic heterocycles. The standard InChI is InChI=1S/C51H31N3OS/c1-3-11-32(12-4-1)33-23-27-37(28-24-33)50-52-49(36-13-5-2-6-14-36)53-51(54-50)43-19-10-18-42-41-17-9-16-39(47(41)55-48(42)43)35-25-21-34(22-26-35)38-29-30-46-44(31-38)40-15-7-8-20-45(40)56-46/h1-31H. The smallest absolute Gasteiger partial charge is 0.167 e. The molecule has 56 heavy (non-hydrogen) atoms. The molecule has 0 unspecified atom stereocenters. The van der Waals surface area contributed by atoms with Gasteiger partial charge in [0, 0.05) is 47.6 Å². The van der Waals surface area contributed by atoms with Crippen LogP contribution in [0.15, 0.2) is 192 Å². The highest BCUT2D eigenvalue weighted by atomic mass is 32.1. The van der Waals surface area contributed by atoms with Crippen molar-refractivity contribution in [1.82, 2.24) is 15.0 Å². The Morgan fingerprint density at radius 3 is 1.48 bits per heavy atom. The molecule has 0 aliphatic rings. The minimum atomic E-state index is 0.562. The average Bonchev–Trinajstić information content (AvgIpc) is 3.85. The Hall–Kier alpha value is -7.21. The maximum atomic E-state index is 6.88. The Kier molecular flexibility index (Phi) is 7.64. The van der Waals surface area contributed by atoms with Crippen molar-refractivity contribution in [1.29, 1.82) is 0 Å². The van der Waals surface area contributed by atoms with Crippen LogP contribution in [0.3, 0.4) is 0 Å². The Labute approximate surface area is 327 Å². The SMILES string of the molecule is c1ccc(-c2ccc(-c3nc(-c4ccccc4)nc(-c4cccc5c4oc4c(-c6ccc(-c7ccc8sc9ccccc9c8c7)cc6)cccc45)n3)cc2)cc1. The van der Waals surface area contributed by atoms with E-state index in [9.17, 15) is 0 Å². The highest BCUT2D eigenvalue weighted by molar-refractivity contribution is 7.25. The summed E-state index contributed by atoms with van der Waals surface area (Å²) in [6, 6.07) is 65.7. The summed E-state index contributed by atoms with van der Waals surface area (Å²) in [6.45, 7) is 0. The molecule has 262 valence electrons. The number of rotatable bonds is 6. The normalized spacial score (nSPS) is 11.6. The summed E-state index contributed by atoms with van der Waals surface area (Å²) in [4.78, 5) is 15.1. The van der Waals surface area contributed by atoms with E-state index in [1.165, 1.54) is 31.3 Å². The van der Waals surface area contributed by atoms with Crippen LogP contribution in [0, 0.1) is 0 Å². The maximum Gasteiger partial charge on any atom is 0.167 e. The van der Waals surface area contributed by atoms with Crippen LogP contribution >= 0.6 is 11.3 Å². The minimum Gasteiger partial charge on any atom is -0.455 e. The molecular weight excluding hydrogens is 703 g/mol. The third-order valence-corrected chi connectivity index (χ3v) is 11.7. The summed E-state index contributed by atoms with van der Waals surface area (Å²) in [6.07, 6.45) is 0. The van der Waals surface area contributed by atoms with Crippen molar-refractivity contribution < 1.29 is 4.42 Å². The zero-order chi connectivity index (χ0) is 37.0. The zero-order valence-electron chi connectivity index (χ0n) is 30.1. The fourth-order valence-corrected chi connectivity index (χ4v) is 8.84. The van der Waals surface area contributed by atoms with Crippen LogP contribution in [0.2, 0.25) is 0 Å². The average molecular weight is 734 g/mol. The van der Waals surface area contributed by atoms with E-state index in [-0.39, 0.29) is 0 Å². The summed E-state index contributed by atoms with van der Waals surface area (Å²) in [7, 11) is 0. The molecule has 8 aromatic carbocycles. The lowest BCUT2D eigenvalue weighted by Gasteiger charge is -2.09. The number of benzene rings is 8. The fourth-order valence-electron chi connectivity index (χ4n) is 7.76. The molecule has 4 nitrogen and oxygen atoms in total. The number of furan rings is 1. The van der Waals surface area contributed by atoms with Crippen molar-refractivity contribution in [3.05, 3.63) is 188 Å². The van der Waals surface area contributed by atoms with Crippen LogP contribution in [0.25, 0.3) is 110 Å². The van der Waals surface area contributed by atoms with Gasteiger partial charge in [0.2, 0.25) is 0 Å². The van der Waals surface area contributed by atoms with E-state index in [1.54, 1.807) is 0 Å². The first-order chi connectivity index (χ1) is 27.7. The third kappa shape index (κ3) is 5.56. The van der Waals surface area contributed by atoms with E-state index < -0.39 is 0 Å². The van der Waals surface area contributed by atoms with Crippen molar-refractivity contribution in [2.24, 2.45) is 0 Å². The van der Waals surface area contributed by atoms with Crippen molar-refractivity contribution >= 4 is 53.4 Å². The van der Waals surface area contributed by atoms with Crippen LogP contribution in [0.1, 0.15) is 0 Å². The van der Waals surface area contributed by atoms with Crippen molar-refractivity contribution in [3.63, 3.8) is 0 Å². The number of hydrogen-bond acceptors (Lipinski definition) is 5. The number of nitrogens with zero attached hydrogens (tertiary/aromatic N) is 3. The number of hydrogen-bond donors (Lipinski definition) is 0. The van der Waals surface area contributed by atoms with Gasteiger partial charge in [0.15, 0.2) is 17.5 Å². The maximum absolute atomic E-state index is 6.88. The van der Waals surface area contributed by atoms with Gasteiger partial charge in [-0.05, 0) is 52.1 Å². The van der Waals surface area contributed by atoms with E-state index in [4.69, 9.17) is 19.4 Å². The first-order valence-corrected chi connectivity index (χ1v) is 19.5. The Morgan fingerprint density at radius 2 is 0.768 bits per heavy atom. The van der Waals surface area contributed by atoms with E-state index in [2.05, 4.69) is 146 Å². The predicted molar refractivity (Wildman–Crippen MR) is 233 cm³/mol. The molecule has 0 spiro atoms. The van der Waals surface area contributed by atoms with E-state index in [0.29, 0.717) is 17.5 Å². The molecular formula is C51H31N3OS. The molecule has 3 heterocycles. The number of thiophene rings is 1. The van der Waals surface area contributed by atoms with Gasteiger partial charge in [-0.25, -0.2) is 15.0 Å². The predicted octanol–water partition coefficient (Wildman–Crippen LogP) is 14.1. The molecule has 11 rings (SSSR count). The van der Waals surface area contributed by atoms with Gasteiger partial charge in [-0.3, -0.25) is 0 Å². The summed E-state index contributed by atoms with van der Waals surface area (Å²) >= 11 is 1.84. The highest BCUT2D eigenvalue weighted by Crippen LogP contribution is 2.41. The fraction of sp³-hybridized carbons (Fsp3) is 0. The van der Waals surface area contributed by atoms with Crippen LogP contribution in [0.4, 0.5) is 0 Å². The molecule has 0 saturated carbocycles. The molecule has 5 heteroatoms. The van der Waals surface area contributed by atoms with Crippen molar-refractivity contribution in [2.45, 2.75) is 0 Å². The first kappa shape index (κ1) is 32.2. The molecule has 0 fully saturated rings. The van der Waals surface area contributed by atoms with Crippen molar-refractivity contribution in [2.75, 3.05) is 0 Å². The molecule has 0 N–H and O–H groups in total. The minimum absolute atomic E-state index is 0.562. The quantitative estimate of drug-likeness (QED) is 0.171. The van der Waals surface area contributed by atoms with Gasteiger partial charge in [0.1, 0.15) is 11.2 Å². The number of aromatic nitrogens is 3. The summed E-state index contributed by atoms with van der Waals surface area (Å²) in [5, 5.41) is 4.68. The number of fused-ring (bicyclic) bond motifs is 6. The lowest BCUT2D eigenvalue weighted by molar-refractivity contribution is 0.670. The van der Waals surface area contributed by atoms with Gasteiger partial charge in [-0.1, -0.05) is 164 Å². The molecule has 11 aromatic rings. The highest BCUT2D eigenvalue weighted by Gasteiger charge is 2.19. The van der Waals surface area contributed by atoms with Gasteiger partial charge >= 0.3 is 0 Å². The van der Waals surface area contributed by atoms with Gasteiger partial charge in [0.05, 0.1) is 5.56 Å². The molecule has 3 aromatic heterocycles. The Bertz CT molecular complexity index is 3220. The zero-order valence-corrected chi connectivity index (χ0v) is 30.9. The van der Waals surface area contributed by atoms with Crippen LogP contribution in [-0.2, 0) is 0 Å². The molecule has 0 bridgehead atoms. The van der Waals surface area contributed by atoms with Gasteiger partial charge < -0.3 is 4.42 Å². The van der Waals surface area contributed by atoms with E-state index >= 15 is 0 Å². The van der Waals surface area contributed by atoms with Crippen LogP contribution in [0.5, 0.6) is 0 Å². The van der Waals surface area contributed by atoms with Gasteiger partial charge in [-0.2, -0.15) is 0 Å². The van der Waals surface area contributed by atoms with Crippen molar-refractivity contribution in [3.8, 4) is 67.5 Å². The second kappa shape index (κ2) is 13.3. The molecule has 0 atom stereocenters. The van der Waals surface area contributed by atoms with Gasteiger partial charge in [0.25, 0.3) is 0 Å². The third-order valence-electron chi connectivity index (χ3n) is 10.6. The van der Waals surface area contributed by atoms with Crippen LogP contribution < -0.4 is 0 Å². The molecule has 0 amide bonds. The second-order valence-corrected chi connectivity index (χ2v) is 15.1. The molecule has 0 aliphatic carbocycles. The van der Waals surface area contributed by atoms with E-state index in [1.807, 2.05) is 53.8 Å². The largest absolute Gasteiger partial charge is 0.455 e. The summed E-state index contributed by atoms with van der Waals surface area (Å²) in [5.74, 6) is 1.78. The number of para-hydroxylation sites is 2. The Balaban J connectivity index is 1.00. The second-order valence-electron chi connectivity index (χ2n) is 14.0. The van der Waals surface area contributed by atoms with Gasteiger partial charge in [-0.15, -0.1) is 11.3 Å².